The summed E-state index contributed by atoms with van der Waals surface area (Å²) in [5, 5.41) is 9.60. The van der Waals surface area contributed by atoms with Crippen LogP contribution in [0.15, 0.2) is 24.3 Å². The molecule has 0 aliphatic rings. The van der Waals surface area contributed by atoms with E-state index in [-0.39, 0.29) is 5.56 Å². The van der Waals surface area contributed by atoms with Crippen molar-refractivity contribution in [2.75, 3.05) is 19.8 Å². The fraction of sp³-hybridized carbons (Fsp3) is 0.562. The summed E-state index contributed by atoms with van der Waals surface area (Å²) in [7, 11) is -1.33. The van der Waals surface area contributed by atoms with Crippen molar-refractivity contribution in [3.8, 4) is 0 Å². The predicted molar refractivity (Wildman–Crippen MR) is 91.3 cm³/mol. The van der Waals surface area contributed by atoms with Crippen molar-refractivity contribution in [1.82, 2.24) is 9.21 Å². The summed E-state index contributed by atoms with van der Waals surface area (Å²) in [5.74, 6) is -0.676. The van der Waals surface area contributed by atoms with Crippen LogP contribution in [-0.2, 0) is 16.2 Å². The van der Waals surface area contributed by atoms with Gasteiger partial charge in [0.15, 0.2) is 0 Å². The Morgan fingerprint density at radius 1 is 1.19 bits per heavy atom. The molecule has 0 spiro atoms. The van der Waals surface area contributed by atoms with Gasteiger partial charge in [-0.15, -0.1) is 0 Å². The van der Waals surface area contributed by atoms with Crippen LogP contribution in [0.5, 0.6) is 0 Å². The van der Waals surface area contributed by atoms with Crippen LogP contribution in [0, 0.1) is 0 Å². The van der Waals surface area contributed by atoms with E-state index in [1.807, 2.05) is 0 Å². The van der Waals surface area contributed by atoms with E-state index in [1.165, 1.54) is 20.2 Å². The molecule has 0 fully saturated rings. The maximum Gasteiger partial charge on any atom is 0.416 e. The lowest BCUT2D eigenvalue weighted by molar-refractivity contribution is -0.137. The first-order valence-corrected chi connectivity index (χ1v) is 9.28. The van der Waals surface area contributed by atoms with Crippen molar-refractivity contribution >= 4 is 16.1 Å². The maximum absolute atomic E-state index is 13.0. The SMILES string of the molecule is CN(C)S(=O)(=O)CC(c1cccc(C(F)(F)F)c1)N(C(=O)O)C(C)(C)C. The number of carbonyl (C=O) groups is 1. The molecule has 10 heteroatoms. The van der Waals surface area contributed by atoms with Crippen molar-refractivity contribution in [3.05, 3.63) is 35.4 Å². The highest BCUT2D eigenvalue weighted by Gasteiger charge is 2.39. The first-order chi connectivity index (χ1) is 11.6. The topological polar surface area (TPSA) is 77.9 Å². The smallest absolute Gasteiger partial charge is 0.416 e. The van der Waals surface area contributed by atoms with E-state index in [4.69, 9.17) is 0 Å². The molecule has 6 nitrogen and oxygen atoms in total. The zero-order valence-electron chi connectivity index (χ0n) is 15.2. The van der Waals surface area contributed by atoms with Gasteiger partial charge < -0.3 is 5.11 Å². The average molecular weight is 396 g/mol. The molecule has 0 saturated heterocycles. The largest absolute Gasteiger partial charge is 0.465 e. The third kappa shape index (κ3) is 5.34. The van der Waals surface area contributed by atoms with E-state index >= 15 is 0 Å². The number of hydrogen-bond acceptors (Lipinski definition) is 3. The number of benzene rings is 1. The second-order valence-corrected chi connectivity index (χ2v) is 9.25. The highest BCUT2D eigenvalue weighted by atomic mass is 32.2. The van der Waals surface area contributed by atoms with Gasteiger partial charge in [0.05, 0.1) is 17.4 Å². The van der Waals surface area contributed by atoms with Gasteiger partial charge in [-0.2, -0.15) is 13.2 Å². The molecular formula is C16H23F3N2O4S. The Balaban J connectivity index is 3.58. The first kappa shape index (κ1) is 22.2. The summed E-state index contributed by atoms with van der Waals surface area (Å²) < 4.78 is 64.7. The van der Waals surface area contributed by atoms with Crippen LogP contribution in [-0.4, -0.2) is 54.2 Å². The fourth-order valence-corrected chi connectivity index (χ4v) is 3.52. The molecule has 1 unspecified atom stereocenters. The number of carboxylic acid groups (broad SMARTS) is 1. The molecule has 1 aromatic carbocycles. The molecule has 26 heavy (non-hydrogen) atoms. The van der Waals surface area contributed by atoms with Crippen LogP contribution in [0.2, 0.25) is 0 Å². The van der Waals surface area contributed by atoms with Gasteiger partial charge in [0.2, 0.25) is 10.0 Å². The van der Waals surface area contributed by atoms with E-state index in [9.17, 15) is 31.5 Å². The maximum atomic E-state index is 13.0. The van der Waals surface area contributed by atoms with E-state index in [0.29, 0.717) is 0 Å². The molecule has 0 bridgehead atoms. The highest BCUT2D eigenvalue weighted by molar-refractivity contribution is 7.89. The van der Waals surface area contributed by atoms with Gasteiger partial charge in [0, 0.05) is 19.6 Å². The average Bonchev–Trinajstić information content (AvgIpc) is 2.43. The molecule has 0 saturated carbocycles. The number of rotatable bonds is 5. The minimum absolute atomic E-state index is 0.0393. The van der Waals surface area contributed by atoms with E-state index in [2.05, 4.69) is 0 Å². The van der Waals surface area contributed by atoms with Gasteiger partial charge in [-0.05, 0) is 38.5 Å². The lowest BCUT2D eigenvalue weighted by Gasteiger charge is -2.40. The number of hydrogen-bond donors (Lipinski definition) is 1. The normalized spacial score (nSPS) is 14.3. The standard InChI is InChI=1S/C16H23F3N2O4S/c1-15(2,3)21(14(22)23)13(10-26(24,25)20(4)5)11-7-6-8-12(9-11)16(17,18)19/h6-9,13H,10H2,1-5H3,(H,22,23). The first-order valence-electron chi connectivity index (χ1n) is 7.67. The predicted octanol–water partition coefficient (Wildman–Crippen LogP) is 3.42. The van der Waals surface area contributed by atoms with Crippen LogP contribution >= 0.6 is 0 Å². The monoisotopic (exact) mass is 396 g/mol. The van der Waals surface area contributed by atoms with Gasteiger partial charge in [0.25, 0.3) is 0 Å². The van der Waals surface area contributed by atoms with Gasteiger partial charge in [-0.3, -0.25) is 4.90 Å². The summed E-state index contributed by atoms with van der Waals surface area (Å²) in [6.45, 7) is 4.64. The highest BCUT2D eigenvalue weighted by Crippen LogP contribution is 2.35. The van der Waals surface area contributed by atoms with Crippen molar-refractivity contribution in [1.29, 1.82) is 0 Å². The number of nitrogens with zero attached hydrogens (tertiary/aromatic N) is 2. The molecule has 1 amide bonds. The lowest BCUT2D eigenvalue weighted by Crippen LogP contribution is -2.49. The van der Waals surface area contributed by atoms with Gasteiger partial charge in [-0.25, -0.2) is 17.5 Å². The summed E-state index contributed by atoms with van der Waals surface area (Å²) >= 11 is 0. The summed E-state index contributed by atoms with van der Waals surface area (Å²) in [5.41, 5.74) is -2.05. The van der Waals surface area contributed by atoms with E-state index in [0.717, 1.165) is 27.4 Å². The number of halogens is 3. The Hall–Kier alpha value is -1.81. The number of alkyl halides is 3. The molecule has 1 aromatic rings. The molecule has 1 atom stereocenters. The van der Waals surface area contributed by atoms with E-state index < -0.39 is 45.2 Å². The fourth-order valence-electron chi connectivity index (χ4n) is 2.48. The molecule has 0 heterocycles. The Morgan fingerprint density at radius 2 is 1.73 bits per heavy atom. The molecule has 148 valence electrons. The third-order valence-electron chi connectivity index (χ3n) is 3.76. The van der Waals surface area contributed by atoms with E-state index in [1.54, 1.807) is 20.8 Å². The van der Waals surface area contributed by atoms with Crippen LogP contribution in [0.4, 0.5) is 18.0 Å². The van der Waals surface area contributed by atoms with Gasteiger partial charge in [-0.1, -0.05) is 12.1 Å². The number of sulfonamides is 1. The van der Waals surface area contributed by atoms with Crippen molar-refractivity contribution < 1.29 is 31.5 Å². The summed E-state index contributed by atoms with van der Waals surface area (Å²) in [4.78, 5) is 12.7. The molecule has 1 N–H and O–H groups in total. The molecule has 0 aliphatic carbocycles. The Morgan fingerprint density at radius 3 is 2.12 bits per heavy atom. The zero-order valence-corrected chi connectivity index (χ0v) is 16.0. The van der Waals surface area contributed by atoms with Crippen molar-refractivity contribution in [2.45, 2.75) is 38.5 Å². The van der Waals surface area contributed by atoms with Crippen LogP contribution in [0.25, 0.3) is 0 Å². The van der Waals surface area contributed by atoms with Crippen molar-refractivity contribution in [3.63, 3.8) is 0 Å². The molecule has 0 aromatic heterocycles. The Kier molecular flexibility index (Phi) is 6.36. The quantitative estimate of drug-likeness (QED) is 0.827. The number of amides is 1. The summed E-state index contributed by atoms with van der Waals surface area (Å²) in [6, 6.07) is 2.77. The third-order valence-corrected chi connectivity index (χ3v) is 5.61. The minimum atomic E-state index is -4.63. The van der Waals surface area contributed by atoms with Crippen molar-refractivity contribution in [2.24, 2.45) is 0 Å². The van der Waals surface area contributed by atoms with Crippen LogP contribution in [0.3, 0.4) is 0 Å². The van der Waals surface area contributed by atoms with Gasteiger partial charge in [0.1, 0.15) is 0 Å². The van der Waals surface area contributed by atoms with Crippen LogP contribution in [0.1, 0.15) is 37.9 Å². The molecule has 0 radical (unpaired) electrons. The Bertz CT molecular complexity index is 755. The second kappa shape index (κ2) is 7.43. The minimum Gasteiger partial charge on any atom is -0.465 e. The Labute approximate surface area is 151 Å². The molecule has 1 rings (SSSR count). The van der Waals surface area contributed by atoms with Crippen LogP contribution < -0.4 is 0 Å². The molecule has 0 aliphatic heterocycles. The zero-order chi connectivity index (χ0) is 20.5. The second-order valence-electron chi connectivity index (χ2n) is 7.02. The lowest BCUT2D eigenvalue weighted by atomic mass is 9.98. The molecular weight excluding hydrogens is 373 g/mol. The van der Waals surface area contributed by atoms with Gasteiger partial charge >= 0.3 is 12.3 Å². The summed E-state index contributed by atoms with van der Waals surface area (Å²) in [6.07, 6.45) is -6.05.